The number of amides is 1. The molecule has 0 aliphatic rings. The second kappa shape index (κ2) is 6.11. The second-order valence-electron chi connectivity index (χ2n) is 4.74. The van der Waals surface area contributed by atoms with Crippen LogP contribution in [-0.4, -0.2) is 20.6 Å². The van der Waals surface area contributed by atoms with Gasteiger partial charge in [0.2, 0.25) is 5.91 Å². The smallest absolute Gasteiger partial charge is 0.241 e. The fourth-order valence-electron chi connectivity index (χ4n) is 2.04. The van der Waals surface area contributed by atoms with Crippen LogP contribution in [0.2, 0.25) is 0 Å². The molecule has 6 heteroatoms. The van der Waals surface area contributed by atoms with Crippen LogP contribution in [0.3, 0.4) is 0 Å². The summed E-state index contributed by atoms with van der Waals surface area (Å²) in [6, 6.07) is 10.5. The van der Waals surface area contributed by atoms with Crippen LogP contribution in [-0.2, 0) is 14.6 Å². The first-order valence-electron chi connectivity index (χ1n) is 6.35. The van der Waals surface area contributed by atoms with Gasteiger partial charge in [-0.1, -0.05) is 30.3 Å². The Balaban J connectivity index is 2.54. The molecule has 0 aromatic heterocycles. The zero-order valence-electron chi connectivity index (χ0n) is 11.8. The molecule has 0 unspecified atom stereocenters. The number of nitrogens with two attached hydrogens (primary N) is 1. The fraction of sp³-hybridized carbons (Fsp3) is 0.0625. The van der Waals surface area contributed by atoms with Crippen molar-refractivity contribution in [3.8, 4) is 11.1 Å². The monoisotopic (exact) mass is 319 g/mol. The molecule has 22 heavy (non-hydrogen) atoms. The lowest BCUT2D eigenvalue weighted by Gasteiger charge is -2.09. The third-order valence-electron chi connectivity index (χ3n) is 3.01. The quantitative estimate of drug-likeness (QED) is 0.879. The third-order valence-corrected chi connectivity index (χ3v) is 4.16. The minimum atomic E-state index is -3.47. The Morgan fingerprint density at radius 1 is 1.14 bits per heavy atom. The summed E-state index contributed by atoms with van der Waals surface area (Å²) in [4.78, 5) is 10.7. The minimum Gasteiger partial charge on any atom is -0.366 e. The number of hydrogen-bond donors (Lipinski definition) is 1. The van der Waals surface area contributed by atoms with E-state index in [-0.39, 0.29) is 10.5 Å². The van der Waals surface area contributed by atoms with E-state index in [0.29, 0.717) is 11.1 Å². The summed E-state index contributed by atoms with van der Waals surface area (Å²) >= 11 is 0. The number of carbonyl (C=O) groups is 1. The number of sulfone groups is 1. The number of primary amides is 1. The molecule has 0 saturated carbocycles. The highest BCUT2D eigenvalue weighted by atomic mass is 32.2. The van der Waals surface area contributed by atoms with Crippen LogP contribution in [0.4, 0.5) is 4.39 Å². The summed E-state index contributed by atoms with van der Waals surface area (Å²) in [6.07, 6.45) is 3.59. The van der Waals surface area contributed by atoms with E-state index in [9.17, 15) is 17.6 Å². The summed E-state index contributed by atoms with van der Waals surface area (Å²) in [6.45, 7) is 0. The Morgan fingerprint density at radius 3 is 2.41 bits per heavy atom. The van der Waals surface area contributed by atoms with Gasteiger partial charge in [-0.2, -0.15) is 0 Å². The van der Waals surface area contributed by atoms with Crippen molar-refractivity contribution in [2.45, 2.75) is 4.90 Å². The van der Waals surface area contributed by atoms with Crippen LogP contribution in [0.1, 0.15) is 5.56 Å². The van der Waals surface area contributed by atoms with Crippen molar-refractivity contribution < 1.29 is 17.6 Å². The zero-order valence-corrected chi connectivity index (χ0v) is 12.6. The van der Waals surface area contributed by atoms with Gasteiger partial charge in [-0.25, -0.2) is 12.8 Å². The van der Waals surface area contributed by atoms with Crippen molar-refractivity contribution in [2.75, 3.05) is 6.26 Å². The van der Waals surface area contributed by atoms with E-state index < -0.39 is 21.6 Å². The standard InChI is InChI=1S/C16H14FNO3S/c1-22(20,21)15-5-3-2-4-13(15)12-8-6-11(10-14(12)17)7-9-16(18)19/h2-10H,1H3,(H2,18,19). The van der Waals surface area contributed by atoms with E-state index in [1.807, 2.05) is 0 Å². The third kappa shape index (κ3) is 3.59. The van der Waals surface area contributed by atoms with Crippen molar-refractivity contribution in [1.82, 2.24) is 0 Å². The number of carbonyl (C=O) groups excluding carboxylic acids is 1. The molecule has 0 bridgehead atoms. The van der Waals surface area contributed by atoms with E-state index in [1.165, 1.54) is 24.3 Å². The molecule has 0 fully saturated rings. The molecule has 0 aliphatic carbocycles. The van der Waals surface area contributed by atoms with Gasteiger partial charge in [-0.3, -0.25) is 4.79 Å². The molecule has 2 aromatic rings. The van der Waals surface area contributed by atoms with E-state index in [0.717, 1.165) is 12.3 Å². The average molecular weight is 319 g/mol. The van der Waals surface area contributed by atoms with Crippen molar-refractivity contribution in [1.29, 1.82) is 0 Å². The molecule has 0 heterocycles. The molecule has 0 radical (unpaired) electrons. The maximum atomic E-state index is 14.3. The van der Waals surface area contributed by atoms with Gasteiger partial charge in [0.05, 0.1) is 4.90 Å². The van der Waals surface area contributed by atoms with Gasteiger partial charge < -0.3 is 5.73 Å². The maximum absolute atomic E-state index is 14.3. The zero-order chi connectivity index (χ0) is 16.3. The van der Waals surface area contributed by atoms with Gasteiger partial charge >= 0.3 is 0 Å². The van der Waals surface area contributed by atoms with Crippen LogP contribution in [0.25, 0.3) is 17.2 Å². The van der Waals surface area contributed by atoms with Crippen LogP contribution in [0.5, 0.6) is 0 Å². The summed E-state index contributed by atoms with van der Waals surface area (Å²) < 4.78 is 37.9. The Kier molecular flexibility index (Phi) is 4.42. The summed E-state index contributed by atoms with van der Waals surface area (Å²) in [5.41, 5.74) is 5.91. The number of hydrogen-bond acceptors (Lipinski definition) is 3. The molecule has 0 aliphatic heterocycles. The van der Waals surface area contributed by atoms with Gasteiger partial charge in [-0.15, -0.1) is 0 Å². The van der Waals surface area contributed by atoms with Crippen molar-refractivity contribution >= 4 is 21.8 Å². The van der Waals surface area contributed by atoms with Gasteiger partial charge in [0.1, 0.15) is 5.82 Å². The summed E-state index contributed by atoms with van der Waals surface area (Å²) in [7, 11) is -3.47. The number of halogens is 1. The predicted octanol–water partition coefficient (Wildman–Crippen LogP) is 2.39. The molecule has 2 aromatic carbocycles. The largest absolute Gasteiger partial charge is 0.366 e. The molecule has 0 atom stereocenters. The topological polar surface area (TPSA) is 77.2 Å². The molecule has 2 N–H and O–H groups in total. The average Bonchev–Trinajstić information content (AvgIpc) is 2.44. The first-order chi connectivity index (χ1) is 10.3. The number of benzene rings is 2. The molecule has 114 valence electrons. The Bertz CT molecular complexity index is 857. The Hall–Kier alpha value is -2.47. The Labute approximate surface area is 128 Å². The van der Waals surface area contributed by atoms with Gasteiger partial charge in [0.15, 0.2) is 9.84 Å². The lowest BCUT2D eigenvalue weighted by Crippen LogP contribution is -2.05. The van der Waals surface area contributed by atoms with Crippen molar-refractivity contribution in [2.24, 2.45) is 5.73 Å². The maximum Gasteiger partial charge on any atom is 0.241 e. The van der Waals surface area contributed by atoms with E-state index in [2.05, 4.69) is 0 Å². The van der Waals surface area contributed by atoms with Crippen LogP contribution < -0.4 is 5.73 Å². The Morgan fingerprint density at radius 2 is 1.82 bits per heavy atom. The van der Waals surface area contributed by atoms with Gasteiger partial charge in [0.25, 0.3) is 0 Å². The van der Waals surface area contributed by atoms with Gasteiger partial charge in [-0.05, 0) is 23.8 Å². The summed E-state index contributed by atoms with van der Waals surface area (Å²) in [5.74, 6) is -1.21. The van der Waals surface area contributed by atoms with Crippen molar-refractivity contribution in [3.05, 3.63) is 59.9 Å². The van der Waals surface area contributed by atoms with Crippen LogP contribution >= 0.6 is 0 Å². The summed E-state index contributed by atoms with van der Waals surface area (Å²) in [5, 5.41) is 0. The molecule has 4 nitrogen and oxygen atoms in total. The minimum absolute atomic E-state index is 0.0642. The van der Waals surface area contributed by atoms with Crippen LogP contribution in [0.15, 0.2) is 53.4 Å². The van der Waals surface area contributed by atoms with E-state index >= 15 is 0 Å². The predicted molar refractivity (Wildman–Crippen MR) is 83.2 cm³/mol. The second-order valence-corrected chi connectivity index (χ2v) is 6.73. The molecule has 2 rings (SSSR count). The highest BCUT2D eigenvalue weighted by Gasteiger charge is 2.16. The SMILES string of the molecule is CS(=O)(=O)c1ccccc1-c1ccc(C=CC(N)=O)cc1F. The van der Waals surface area contributed by atoms with E-state index in [1.54, 1.807) is 24.3 Å². The molecule has 0 saturated heterocycles. The lowest BCUT2D eigenvalue weighted by molar-refractivity contribution is -0.113. The highest BCUT2D eigenvalue weighted by molar-refractivity contribution is 7.90. The molecular weight excluding hydrogens is 305 g/mol. The first kappa shape index (κ1) is 15.9. The van der Waals surface area contributed by atoms with Crippen molar-refractivity contribution in [3.63, 3.8) is 0 Å². The normalized spacial score (nSPS) is 11.7. The van der Waals surface area contributed by atoms with Gasteiger partial charge in [0, 0.05) is 23.5 Å². The first-order valence-corrected chi connectivity index (χ1v) is 8.24. The van der Waals surface area contributed by atoms with Crippen LogP contribution in [0, 0.1) is 5.82 Å². The fourth-order valence-corrected chi connectivity index (χ4v) is 2.95. The molecular formula is C16H14FNO3S. The lowest BCUT2D eigenvalue weighted by atomic mass is 10.0. The molecule has 0 spiro atoms. The highest BCUT2D eigenvalue weighted by Crippen LogP contribution is 2.30. The molecule has 1 amide bonds. The number of rotatable bonds is 4. The van der Waals surface area contributed by atoms with E-state index in [4.69, 9.17) is 5.73 Å².